The van der Waals surface area contributed by atoms with Gasteiger partial charge >= 0.3 is 0 Å². The largest absolute Gasteiger partial charge is 0.366 e. The lowest BCUT2D eigenvalue weighted by atomic mass is 9.69. The molecule has 2 aromatic carbocycles. The third-order valence-electron chi connectivity index (χ3n) is 6.87. The number of amides is 1. The van der Waals surface area contributed by atoms with E-state index in [1.807, 2.05) is 11.0 Å². The molecule has 4 N–H and O–H groups in total. The molecule has 0 radical (unpaired) electrons. The van der Waals surface area contributed by atoms with E-state index in [4.69, 9.17) is 5.73 Å². The molecular weight excluding hydrogens is 364 g/mol. The summed E-state index contributed by atoms with van der Waals surface area (Å²) in [4.78, 5) is 15.8. The Morgan fingerprint density at radius 2 is 1.79 bits per heavy atom. The molecule has 1 spiro atoms. The number of rotatable bonds is 4. The predicted molar refractivity (Wildman–Crippen MR) is 114 cm³/mol. The van der Waals surface area contributed by atoms with Gasteiger partial charge in [-0.15, -0.1) is 0 Å². The van der Waals surface area contributed by atoms with Crippen molar-refractivity contribution < 1.29 is 9.90 Å². The third-order valence-corrected chi connectivity index (χ3v) is 6.87. The molecule has 0 aromatic heterocycles. The van der Waals surface area contributed by atoms with Crippen LogP contribution in [-0.2, 0) is 5.54 Å². The van der Waals surface area contributed by atoms with Crippen molar-refractivity contribution in [2.45, 2.75) is 43.1 Å². The van der Waals surface area contributed by atoms with Crippen LogP contribution in [-0.4, -0.2) is 48.4 Å². The molecule has 4 rings (SSSR count). The van der Waals surface area contributed by atoms with Crippen molar-refractivity contribution in [2.75, 3.05) is 25.5 Å². The number of hydrogen-bond acceptors (Lipinski definition) is 5. The first-order chi connectivity index (χ1) is 13.9. The van der Waals surface area contributed by atoms with Gasteiger partial charge in [-0.1, -0.05) is 36.4 Å². The highest BCUT2D eigenvalue weighted by atomic mass is 16.3. The van der Waals surface area contributed by atoms with Gasteiger partial charge in [-0.05, 0) is 63.5 Å². The van der Waals surface area contributed by atoms with Crippen LogP contribution in [0.25, 0.3) is 0 Å². The number of nitrogens with two attached hydrogens (primary N) is 1. The Labute approximate surface area is 172 Å². The van der Waals surface area contributed by atoms with Gasteiger partial charge in [0.25, 0.3) is 0 Å². The Hall–Kier alpha value is -2.41. The number of benzene rings is 2. The Balaban J connectivity index is 1.54. The SMILES string of the molecule is CN(C)[C@]1(c2ccccc2)CC[C@]2(CC1)CN(c1cccc(C(N)=O)c1)C(O)N2. The summed E-state index contributed by atoms with van der Waals surface area (Å²) in [5, 5.41) is 14.2. The fourth-order valence-electron chi connectivity index (χ4n) is 5.07. The average Bonchev–Trinajstić information content (AvgIpc) is 3.05. The molecule has 1 aliphatic heterocycles. The Kier molecular flexibility index (Phi) is 5.11. The highest BCUT2D eigenvalue weighted by Gasteiger charge is 2.50. The summed E-state index contributed by atoms with van der Waals surface area (Å²) in [5.41, 5.74) is 7.91. The highest BCUT2D eigenvalue weighted by Crippen LogP contribution is 2.46. The Bertz CT molecular complexity index is 875. The molecule has 154 valence electrons. The molecule has 1 saturated carbocycles. The second-order valence-electron chi connectivity index (χ2n) is 8.63. The van der Waals surface area contributed by atoms with Crippen molar-refractivity contribution in [1.29, 1.82) is 0 Å². The lowest BCUT2D eigenvalue weighted by Crippen LogP contribution is -2.54. The quantitative estimate of drug-likeness (QED) is 0.741. The zero-order valence-electron chi connectivity index (χ0n) is 17.1. The summed E-state index contributed by atoms with van der Waals surface area (Å²) in [6, 6.07) is 17.9. The number of nitrogens with one attached hydrogen (secondary N) is 1. The molecule has 29 heavy (non-hydrogen) atoms. The first-order valence-electron chi connectivity index (χ1n) is 10.2. The van der Waals surface area contributed by atoms with Gasteiger partial charge < -0.3 is 15.7 Å². The number of carbonyl (C=O) groups excluding carboxylic acids is 1. The van der Waals surface area contributed by atoms with Crippen molar-refractivity contribution in [3.63, 3.8) is 0 Å². The number of carbonyl (C=O) groups is 1. The smallest absolute Gasteiger partial charge is 0.248 e. The normalized spacial score (nSPS) is 29.5. The molecule has 1 unspecified atom stereocenters. The molecule has 2 fully saturated rings. The van der Waals surface area contributed by atoms with Gasteiger partial charge in [-0.2, -0.15) is 0 Å². The van der Waals surface area contributed by atoms with E-state index in [2.05, 4.69) is 54.6 Å². The molecule has 1 amide bonds. The van der Waals surface area contributed by atoms with Crippen molar-refractivity contribution in [1.82, 2.24) is 10.2 Å². The number of primary amides is 1. The summed E-state index contributed by atoms with van der Waals surface area (Å²) in [6.45, 7) is 0.703. The molecule has 1 aliphatic carbocycles. The average molecular weight is 395 g/mol. The second kappa shape index (κ2) is 7.44. The number of aliphatic hydroxyl groups is 1. The van der Waals surface area contributed by atoms with E-state index >= 15 is 0 Å². The number of nitrogens with zero attached hydrogens (tertiary/aromatic N) is 2. The molecule has 1 atom stereocenters. The van der Waals surface area contributed by atoms with Crippen LogP contribution in [0.4, 0.5) is 5.69 Å². The number of hydrogen-bond donors (Lipinski definition) is 3. The van der Waals surface area contributed by atoms with Gasteiger partial charge in [-0.3, -0.25) is 15.0 Å². The summed E-state index contributed by atoms with van der Waals surface area (Å²) in [7, 11) is 4.31. The van der Waals surface area contributed by atoms with E-state index in [0.29, 0.717) is 12.1 Å². The van der Waals surface area contributed by atoms with Crippen LogP contribution in [0.2, 0.25) is 0 Å². The maximum atomic E-state index is 11.5. The first kappa shape index (κ1) is 19.9. The third kappa shape index (κ3) is 3.52. The first-order valence-corrected chi connectivity index (χ1v) is 10.2. The molecular formula is C23H30N4O2. The molecule has 1 saturated heterocycles. The minimum atomic E-state index is -0.776. The molecule has 6 nitrogen and oxygen atoms in total. The van der Waals surface area contributed by atoms with Crippen molar-refractivity contribution in [2.24, 2.45) is 5.73 Å². The maximum absolute atomic E-state index is 11.5. The summed E-state index contributed by atoms with van der Waals surface area (Å²) < 4.78 is 0. The number of anilines is 1. The molecule has 2 aliphatic rings. The lowest BCUT2D eigenvalue weighted by molar-refractivity contribution is 0.0513. The predicted octanol–water partition coefficient (Wildman–Crippen LogP) is 2.24. The standard InChI is InChI=1S/C23H30N4O2/c1-26(2)23(18-8-4-3-5-9-18)13-11-22(12-14-23)16-27(21(29)25-22)19-10-6-7-17(15-19)20(24)28/h3-10,15,21,25,29H,11-14,16H2,1-2H3,(H2,24,28)/t21?,22-,23+. The van der Waals surface area contributed by atoms with Crippen molar-refractivity contribution in [3.05, 3.63) is 65.7 Å². The van der Waals surface area contributed by atoms with Gasteiger partial charge in [0.2, 0.25) is 5.91 Å². The van der Waals surface area contributed by atoms with E-state index in [1.54, 1.807) is 18.2 Å². The Morgan fingerprint density at radius 1 is 1.10 bits per heavy atom. The van der Waals surface area contributed by atoms with E-state index in [1.165, 1.54) is 5.56 Å². The summed E-state index contributed by atoms with van der Waals surface area (Å²) in [5.74, 6) is -0.459. The maximum Gasteiger partial charge on any atom is 0.248 e. The van der Waals surface area contributed by atoms with Gasteiger partial charge in [0.1, 0.15) is 0 Å². The van der Waals surface area contributed by atoms with Gasteiger partial charge in [0.05, 0.1) is 0 Å². The number of aliphatic hydroxyl groups excluding tert-OH is 1. The van der Waals surface area contributed by atoms with Gasteiger partial charge in [-0.25, -0.2) is 0 Å². The Morgan fingerprint density at radius 3 is 2.41 bits per heavy atom. The van der Waals surface area contributed by atoms with E-state index in [0.717, 1.165) is 31.4 Å². The summed E-state index contributed by atoms with van der Waals surface area (Å²) in [6.07, 6.45) is 3.17. The van der Waals surface area contributed by atoms with Gasteiger partial charge in [0.15, 0.2) is 6.35 Å². The van der Waals surface area contributed by atoms with Crippen LogP contribution < -0.4 is 16.0 Å². The molecule has 0 bridgehead atoms. The zero-order chi connectivity index (χ0) is 20.6. The molecule has 1 heterocycles. The summed E-state index contributed by atoms with van der Waals surface area (Å²) >= 11 is 0. The van der Waals surface area contributed by atoms with Crippen LogP contribution >= 0.6 is 0 Å². The van der Waals surface area contributed by atoms with Crippen LogP contribution in [0.1, 0.15) is 41.6 Å². The zero-order valence-corrected chi connectivity index (χ0v) is 17.1. The van der Waals surface area contributed by atoms with Crippen LogP contribution in [0.15, 0.2) is 54.6 Å². The molecule has 2 aromatic rings. The minimum Gasteiger partial charge on any atom is -0.366 e. The lowest BCUT2D eigenvalue weighted by Gasteiger charge is -2.49. The monoisotopic (exact) mass is 394 g/mol. The topological polar surface area (TPSA) is 81.8 Å². The highest BCUT2D eigenvalue weighted by molar-refractivity contribution is 5.93. The van der Waals surface area contributed by atoms with E-state index in [-0.39, 0.29) is 11.1 Å². The fourth-order valence-corrected chi connectivity index (χ4v) is 5.07. The van der Waals surface area contributed by atoms with E-state index < -0.39 is 12.3 Å². The van der Waals surface area contributed by atoms with Crippen molar-refractivity contribution >= 4 is 11.6 Å². The van der Waals surface area contributed by atoms with E-state index in [9.17, 15) is 9.90 Å². The second-order valence-corrected chi connectivity index (χ2v) is 8.63. The molecule has 6 heteroatoms. The van der Waals surface area contributed by atoms with Crippen molar-refractivity contribution in [3.8, 4) is 0 Å². The van der Waals surface area contributed by atoms with Crippen LogP contribution in [0.3, 0.4) is 0 Å². The van der Waals surface area contributed by atoms with Crippen LogP contribution in [0.5, 0.6) is 0 Å². The fraction of sp³-hybridized carbons (Fsp3) is 0.435. The minimum absolute atomic E-state index is 0.0123. The van der Waals surface area contributed by atoms with Gasteiger partial charge in [0, 0.05) is 28.9 Å². The van der Waals surface area contributed by atoms with Crippen LogP contribution in [0, 0.1) is 0 Å².